The lowest BCUT2D eigenvalue weighted by molar-refractivity contribution is -0.367. The Morgan fingerprint density at radius 1 is 1.60 bits per heavy atom. The highest BCUT2D eigenvalue weighted by Crippen LogP contribution is 1.73. The van der Waals surface area contributed by atoms with Gasteiger partial charge >= 0.3 is 0 Å². The number of thiol groups is 1. The van der Waals surface area contributed by atoms with Crippen LogP contribution in [0.4, 0.5) is 0 Å². The van der Waals surface area contributed by atoms with E-state index in [9.17, 15) is 0 Å². The van der Waals surface area contributed by atoms with Gasteiger partial charge < -0.3 is 5.73 Å². The number of hydrogen-bond acceptors (Lipinski definition) is 1. The summed E-state index contributed by atoms with van der Waals surface area (Å²) >= 11 is 3.96. The summed E-state index contributed by atoms with van der Waals surface area (Å²) in [6.07, 6.45) is 1.14. The van der Waals surface area contributed by atoms with E-state index in [2.05, 4.69) is 18.4 Å². The van der Waals surface area contributed by atoms with Crippen LogP contribution in [0.5, 0.6) is 0 Å². The standard InChI is InChI=1S/C3H9NS/c4-2-1-3-5/h5H,1-4H2/p+1. The number of hydrogen-bond donors (Lipinski definition) is 2. The normalized spacial score (nSPS) is 8.40. The fraction of sp³-hybridized carbons (Fsp3) is 1.00. The van der Waals surface area contributed by atoms with E-state index in [0.717, 1.165) is 18.7 Å². The highest BCUT2D eigenvalue weighted by molar-refractivity contribution is 7.80. The van der Waals surface area contributed by atoms with Crippen molar-refractivity contribution < 1.29 is 5.73 Å². The van der Waals surface area contributed by atoms with Crippen LogP contribution in [-0.4, -0.2) is 12.3 Å². The highest BCUT2D eigenvalue weighted by atomic mass is 32.1. The minimum absolute atomic E-state index is 0.976. The van der Waals surface area contributed by atoms with Gasteiger partial charge in [-0.25, -0.2) is 0 Å². The molecule has 1 nitrogen and oxygen atoms in total. The maximum atomic E-state index is 3.96. The quantitative estimate of drug-likeness (QED) is 0.432. The van der Waals surface area contributed by atoms with Gasteiger partial charge in [-0.2, -0.15) is 12.6 Å². The Morgan fingerprint density at radius 2 is 2.20 bits per heavy atom. The average molecular weight is 92.2 g/mol. The molecule has 5 heavy (non-hydrogen) atoms. The zero-order valence-corrected chi connectivity index (χ0v) is 4.17. The van der Waals surface area contributed by atoms with Crippen molar-refractivity contribution in [2.75, 3.05) is 12.3 Å². The summed E-state index contributed by atoms with van der Waals surface area (Å²) in [4.78, 5) is 0. The maximum absolute atomic E-state index is 3.96. The van der Waals surface area contributed by atoms with Crippen molar-refractivity contribution in [3.63, 3.8) is 0 Å². The van der Waals surface area contributed by atoms with Crippen molar-refractivity contribution in [1.82, 2.24) is 0 Å². The summed E-state index contributed by atoms with van der Waals surface area (Å²) in [7, 11) is 0. The van der Waals surface area contributed by atoms with E-state index in [1.54, 1.807) is 0 Å². The van der Waals surface area contributed by atoms with Crippen molar-refractivity contribution in [2.24, 2.45) is 0 Å². The second-order valence-electron chi connectivity index (χ2n) is 0.931. The molecule has 0 aromatic rings. The van der Waals surface area contributed by atoms with E-state index in [4.69, 9.17) is 0 Å². The third-order valence-electron chi connectivity index (χ3n) is 0.408. The van der Waals surface area contributed by atoms with Crippen molar-refractivity contribution >= 4 is 12.6 Å². The van der Waals surface area contributed by atoms with Gasteiger partial charge in [0.05, 0.1) is 6.54 Å². The second-order valence-corrected chi connectivity index (χ2v) is 1.38. The third kappa shape index (κ3) is 4.31. The second kappa shape index (κ2) is 4.31. The van der Waals surface area contributed by atoms with Crippen LogP contribution in [0.3, 0.4) is 0 Å². The lowest BCUT2D eigenvalue weighted by Gasteiger charge is -1.76. The van der Waals surface area contributed by atoms with E-state index >= 15 is 0 Å². The number of rotatable bonds is 2. The Hall–Kier alpha value is 0.310. The molecule has 0 aliphatic heterocycles. The van der Waals surface area contributed by atoms with Gasteiger partial charge in [0.25, 0.3) is 0 Å². The summed E-state index contributed by atoms with van der Waals surface area (Å²) in [5, 5.41) is 0. The average Bonchev–Trinajstić information content (AvgIpc) is 1.41. The van der Waals surface area contributed by atoms with E-state index in [1.807, 2.05) is 0 Å². The molecule has 0 saturated carbocycles. The smallest absolute Gasteiger partial charge is 0.0747 e. The van der Waals surface area contributed by atoms with Gasteiger partial charge in [-0.05, 0) is 5.75 Å². The lowest BCUT2D eigenvalue weighted by atomic mass is 10.5. The van der Waals surface area contributed by atoms with Gasteiger partial charge in [0.2, 0.25) is 0 Å². The summed E-state index contributed by atoms with van der Waals surface area (Å²) in [5.41, 5.74) is 3.63. The summed E-state index contributed by atoms with van der Waals surface area (Å²) in [6, 6.07) is 0. The molecule has 0 bridgehead atoms. The van der Waals surface area contributed by atoms with E-state index in [1.165, 1.54) is 0 Å². The van der Waals surface area contributed by atoms with Crippen LogP contribution >= 0.6 is 12.6 Å². The first-order valence-corrected chi connectivity index (χ1v) is 2.45. The maximum Gasteiger partial charge on any atom is 0.0747 e. The first kappa shape index (κ1) is 5.31. The SMILES string of the molecule is [NH3+]CCCS. The van der Waals surface area contributed by atoms with Gasteiger partial charge in [0.15, 0.2) is 0 Å². The van der Waals surface area contributed by atoms with Crippen LogP contribution in [0.1, 0.15) is 6.42 Å². The van der Waals surface area contributed by atoms with E-state index in [0.29, 0.717) is 0 Å². The highest BCUT2D eigenvalue weighted by Gasteiger charge is 1.71. The Labute approximate surface area is 38.0 Å². The predicted molar refractivity (Wildman–Crippen MR) is 26.2 cm³/mol. The zero-order valence-electron chi connectivity index (χ0n) is 3.28. The van der Waals surface area contributed by atoms with Crippen LogP contribution in [0.15, 0.2) is 0 Å². The summed E-state index contributed by atoms with van der Waals surface area (Å²) < 4.78 is 0. The van der Waals surface area contributed by atoms with Gasteiger partial charge in [-0.3, -0.25) is 0 Å². The Morgan fingerprint density at radius 3 is 2.20 bits per heavy atom. The monoisotopic (exact) mass is 92.1 g/mol. The molecular weight excluding hydrogens is 82.1 g/mol. The molecule has 3 N–H and O–H groups in total. The van der Waals surface area contributed by atoms with E-state index in [-0.39, 0.29) is 0 Å². The molecule has 0 radical (unpaired) electrons. The van der Waals surface area contributed by atoms with Gasteiger partial charge in [-0.1, -0.05) is 0 Å². The first-order chi connectivity index (χ1) is 2.41. The van der Waals surface area contributed by atoms with Gasteiger partial charge in [0.1, 0.15) is 0 Å². The van der Waals surface area contributed by atoms with Gasteiger partial charge in [0, 0.05) is 6.42 Å². The van der Waals surface area contributed by atoms with Gasteiger partial charge in [-0.15, -0.1) is 0 Å². The topological polar surface area (TPSA) is 27.6 Å². The Bertz CT molecular complexity index is 14.4. The Balaban J connectivity index is 2.19. The largest absolute Gasteiger partial charge is 0.358 e. The zero-order chi connectivity index (χ0) is 4.12. The van der Waals surface area contributed by atoms with Crippen LogP contribution in [0.25, 0.3) is 0 Å². The molecule has 0 heterocycles. The van der Waals surface area contributed by atoms with Crippen molar-refractivity contribution in [2.45, 2.75) is 6.42 Å². The number of quaternary nitrogens is 1. The molecule has 0 amide bonds. The van der Waals surface area contributed by atoms with Crippen LogP contribution in [0, 0.1) is 0 Å². The minimum Gasteiger partial charge on any atom is -0.358 e. The molecule has 0 aliphatic rings. The molecule has 0 rings (SSSR count). The fourth-order valence-corrected chi connectivity index (χ4v) is 0.335. The molecule has 0 fully saturated rings. The molecular formula is C3H10NS+. The minimum atomic E-state index is 0.976. The molecule has 2 heteroatoms. The fourth-order valence-electron chi connectivity index (χ4n) is 0.112. The van der Waals surface area contributed by atoms with Crippen LogP contribution in [-0.2, 0) is 0 Å². The van der Waals surface area contributed by atoms with Crippen molar-refractivity contribution in [1.29, 1.82) is 0 Å². The lowest BCUT2D eigenvalue weighted by Crippen LogP contribution is -2.50. The third-order valence-corrected chi connectivity index (χ3v) is 0.724. The van der Waals surface area contributed by atoms with Crippen LogP contribution < -0.4 is 5.73 Å². The summed E-state index contributed by atoms with van der Waals surface area (Å²) in [5.74, 6) is 0.976. The molecule has 0 saturated heterocycles. The van der Waals surface area contributed by atoms with E-state index < -0.39 is 0 Å². The molecule has 32 valence electrons. The van der Waals surface area contributed by atoms with Crippen molar-refractivity contribution in [3.05, 3.63) is 0 Å². The molecule has 0 spiro atoms. The van der Waals surface area contributed by atoms with Crippen LogP contribution in [0.2, 0.25) is 0 Å². The molecule has 0 aromatic carbocycles. The molecule has 0 unspecified atom stereocenters. The molecule has 0 atom stereocenters. The predicted octanol–water partition coefficient (Wildman–Crippen LogP) is -0.452. The molecule has 0 aliphatic carbocycles. The van der Waals surface area contributed by atoms with Crippen molar-refractivity contribution in [3.8, 4) is 0 Å². The molecule has 0 aromatic heterocycles. The summed E-state index contributed by atoms with van der Waals surface area (Å²) in [6.45, 7) is 1.02. The Kier molecular flexibility index (Phi) is 4.58. The first-order valence-electron chi connectivity index (χ1n) is 1.82.